The first-order chi connectivity index (χ1) is 12.6. The van der Waals surface area contributed by atoms with Gasteiger partial charge in [0.25, 0.3) is 5.91 Å². The number of hydrogen-bond acceptors (Lipinski definition) is 5. The number of nitrogens with two attached hydrogens (primary N) is 2. The molecule has 0 saturated heterocycles. The predicted octanol–water partition coefficient (Wildman–Crippen LogP) is -0.702. The Labute approximate surface area is 156 Å². The van der Waals surface area contributed by atoms with Gasteiger partial charge < -0.3 is 32.3 Å². The number of hydrogen-bond donors (Lipinski definition) is 6. The van der Waals surface area contributed by atoms with E-state index in [2.05, 4.69) is 15.6 Å². The lowest BCUT2D eigenvalue weighted by Crippen LogP contribution is -2.49. The molecule has 0 saturated carbocycles. The fraction of sp³-hybridized carbons (Fsp3) is 0.412. The van der Waals surface area contributed by atoms with E-state index < -0.39 is 36.4 Å². The molecule has 0 fully saturated rings. The molecule has 0 spiro atoms. The summed E-state index contributed by atoms with van der Waals surface area (Å²) in [7, 11) is 0. The molecule has 0 aliphatic rings. The molecule has 2 atom stereocenters. The van der Waals surface area contributed by atoms with Crippen LogP contribution in [0, 0.1) is 5.92 Å². The van der Waals surface area contributed by atoms with Gasteiger partial charge in [-0.2, -0.15) is 0 Å². The summed E-state index contributed by atoms with van der Waals surface area (Å²) in [6, 6.07) is 5.19. The van der Waals surface area contributed by atoms with Crippen LogP contribution in [0.2, 0.25) is 0 Å². The second-order valence-corrected chi connectivity index (χ2v) is 6.28. The maximum Gasteiger partial charge on any atom is 0.305 e. The quantitative estimate of drug-likeness (QED) is 0.242. The highest BCUT2D eigenvalue weighted by atomic mass is 16.4. The standard InChI is InChI=1S/C17H25N5O5/c1-9(2)15(26)12(7-14(24)25)22-13(23)8-20-16(27)10-4-3-5-11(6-10)21-17(18)19/h3-6,9,12,15,26H,7-8H2,1-2H3,(H,20,27)(H,22,23)(H,24,25)(H4,18,19,21). The summed E-state index contributed by atoms with van der Waals surface area (Å²) < 4.78 is 0. The van der Waals surface area contributed by atoms with E-state index in [4.69, 9.17) is 16.6 Å². The molecule has 0 aromatic heterocycles. The number of aliphatic hydroxyl groups is 1. The Morgan fingerprint density at radius 3 is 2.44 bits per heavy atom. The number of rotatable bonds is 9. The summed E-state index contributed by atoms with van der Waals surface area (Å²) in [5, 5.41) is 23.8. The van der Waals surface area contributed by atoms with Crippen LogP contribution >= 0.6 is 0 Å². The minimum absolute atomic E-state index is 0.153. The summed E-state index contributed by atoms with van der Waals surface area (Å²) in [4.78, 5) is 38.9. The molecule has 0 bridgehead atoms. The van der Waals surface area contributed by atoms with E-state index in [0.29, 0.717) is 5.69 Å². The largest absolute Gasteiger partial charge is 0.481 e. The lowest BCUT2D eigenvalue weighted by Gasteiger charge is -2.25. The Morgan fingerprint density at radius 1 is 1.22 bits per heavy atom. The molecule has 0 heterocycles. The van der Waals surface area contributed by atoms with Crippen LogP contribution in [0.25, 0.3) is 0 Å². The number of carboxylic acids is 1. The second kappa shape index (κ2) is 10.1. The van der Waals surface area contributed by atoms with Gasteiger partial charge in [0.15, 0.2) is 5.96 Å². The van der Waals surface area contributed by atoms with Crippen LogP contribution in [-0.4, -0.2) is 52.6 Å². The van der Waals surface area contributed by atoms with Gasteiger partial charge in [-0.05, 0) is 24.1 Å². The van der Waals surface area contributed by atoms with E-state index in [1.807, 2.05) is 0 Å². The van der Waals surface area contributed by atoms with Gasteiger partial charge >= 0.3 is 5.97 Å². The third kappa shape index (κ3) is 7.74. The van der Waals surface area contributed by atoms with Gasteiger partial charge in [0.2, 0.25) is 5.91 Å². The number of aliphatic hydroxyl groups excluding tert-OH is 1. The van der Waals surface area contributed by atoms with Crippen molar-refractivity contribution in [3.8, 4) is 0 Å². The number of carboxylic acid groups (broad SMARTS) is 1. The monoisotopic (exact) mass is 379 g/mol. The van der Waals surface area contributed by atoms with Crippen molar-refractivity contribution in [2.45, 2.75) is 32.4 Å². The molecule has 1 aromatic rings. The number of amides is 2. The van der Waals surface area contributed by atoms with Gasteiger partial charge in [0, 0.05) is 5.56 Å². The van der Waals surface area contributed by atoms with Crippen molar-refractivity contribution < 1.29 is 24.6 Å². The van der Waals surface area contributed by atoms with Crippen LogP contribution in [-0.2, 0) is 9.59 Å². The van der Waals surface area contributed by atoms with Crippen LogP contribution < -0.4 is 22.1 Å². The smallest absolute Gasteiger partial charge is 0.305 e. The van der Waals surface area contributed by atoms with E-state index in [-0.39, 0.29) is 24.0 Å². The third-order valence-electron chi connectivity index (χ3n) is 3.61. The topological polar surface area (TPSA) is 180 Å². The van der Waals surface area contributed by atoms with Crippen LogP contribution in [0.1, 0.15) is 30.6 Å². The number of benzene rings is 1. The number of nitrogens with zero attached hydrogens (tertiary/aromatic N) is 1. The SMILES string of the molecule is CC(C)C(O)C(CC(=O)O)NC(=O)CNC(=O)c1cccc(N=C(N)N)c1. The molecular weight excluding hydrogens is 354 g/mol. The average Bonchev–Trinajstić information content (AvgIpc) is 2.57. The predicted molar refractivity (Wildman–Crippen MR) is 99.3 cm³/mol. The Bertz CT molecular complexity index is 715. The number of aliphatic imine (C=N–C) groups is 1. The van der Waals surface area contributed by atoms with Gasteiger partial charge in [-0.1, -0.05) is 19.9 Å². The molecule has 0 aliphatic carbocycles. The third-order valence-corrected chi connectivity index (χ3v) is 3.61. The molecule has 10 heteroatoms. The van der Waals surface area contributed by atoms with Gasteiger partial charge in [0.05, 0.1) is 30.8 Å². The summed E-state index contributed by atoms with van der Waals surface area (Å²) >= 11 is 0. The summed E-state index contributed by atoms with van der Waals surface area (Å²) in [5.41, 5.74) is 11.2. The van der Waals surface area contributed by atoms with Gasteiger partial charge in [-0.3, -0.25) is 14.4 Å². The zero-order valence-electron chi connectivity index (χ0n) is 15.2. The molecule has 2 unspecified atom stereocenters. The highest BCUT2D eigenvalue weighted by Crippen LogP contribution is 2.13. The first-order valence-electron chi connectivity index (χ1n) is 8.27. The zero-order chi connectivity index (χ0) is 20.6. The molecule has 10 nitrogen and oxygen atoms in total. The van der Waals surface area contributed by atoms with E-state index in [1.165, 1.54) is 12.1 Å². The Kier molecular flexibility index (Phi) is 8.21. The molecule has 0 radical (unpaired) electrons. The molecule has 8 N–H and O–H groups in total. The normalized spacial score (nSPS) is 12.7. The van der Waals surface area contributed by atoms with Crippen molar-refractivity contribution >= 4 is 29.4 Å². The minimum atomic E-state index is -1.15. The molecule has 0 aliphatic heterocycles. The number of guanidine groups is 1. The van der Waals surface area contributed by atoms with Crippen molar-refractivity contribution in [1.82, 2.24) is 10.6 Å². The minimum Gasteiger partial charge on any atom is -0.481 e. The maximum absolute atomic E-state index is 12.1. The first kappa shape index (κ1) is 21.9. The highest BCUT2D eigenvalue weighted by molar-refractivity contribution is 5.97. The summed E-state index contributed by atoms with van der Waals surface area (Å²) in [6.45, 7) is 3.03. The van der Waals surface area contributed by atoms with Gasteiger partial charge in [0.1, 0.15) is 0 Å². The molecule has 2 amide bonds. The second-order valence-electron chi connectivity index (χ2n) is 6.28. The van der Waals surface area contributed by atoms with Gasteiger partial charge in [-0.25, -0.2) is 4.99 Å². The van der Waals surface area contributed by atoms with Crippen molar-refractivity contribution in [3.63, 3.8) is 0 Å². The van der Waals surface area contributed by atoms with Crippen LogP contribution in [0.5, 0.6) is 0 Å². The van der Waals surface area contributed by atoms with Crippen molar-refractivity contribution in [2.75, 3.05) is 6.54 Å². The number of aliphatic carboxylic acids is 1. The fourth-order valence-corrected chi connectivity index (χ4v) is 2.30. The zero-order valence-corrected chi connectivity index (χ0v) is 15.2. The van der Waals surface area contributed by atoms with Crippen LogP contribution in [0.15, 0.2) is 29.3 Å². The lowest BCUT2D eigenvalue weighted by atomic mass is 9.97. The summed E-state index contributed by atoms with van der Waals surface area (Å²) in [6.07, 6.45) is -1.46. The number of carbonyl (C=O) groups excluding carboxylic acids is 2. The van der Waals surface area contributed by atoms with Gasteiger partial charge in [-0.15, -0.1) is 0 Å². The Morgan fingerprint density at radius 2 is 1.89 bits per heavy atom. The number of carbonyl (C=O) groups is 3. The maximum atomic E-state index is 12.1. The van der Waals surface area contributed by atoms with E-state index in [1.54, 1.807) is 26.0 Å². The van der Waals surface area contributed by atoms with Crippen LogP contribution in [0.4, 0.5) is 5.69 Å². The van der Waals surface area contributed by atoms with Crippen molar-refractivity contribution in [3.05, 3.63) is 29.8 Å². The summed E-state index contributed by atoms with van der Waals surface area (Å²) in [5.74, 6) is -2.70. The first-order valence-corrected chi connectivity index (χ1v) is 8.27. The molecule has 1 aromatic carbocycles. The molecule has 148 valence electrons. The average molecular weight is 379 g/mol. The van der Waals surface area contributed by atoms with Crippen LogP contribution in [0.3, 0.4) is 0 Å². The van der Waals surface area contributed by atoms with E-state index >= 15 is 0 Å². The fourth-order valence-electron chi connectivity index (χ4n) is 2.30. The van der Waals surface area contributed by atoms with E-state index in [0.717, 1.165) is 0 Å². The Balaban J connectivity index is 2.68. The van der Waals surface area contributed by atoms with Crippen molar-refractivity contribution in [1.29, 1.82) is 0 Å². The van der Waals surface area contributed by atoms with Crippen molar-refractivity contribution in [2.24, 2.45) is 22.4 Å². The highest BCUT2D eigenvalue weighted by Gasteiger charge is 2.26. The lowest BCUT2D eigenvalue weighted by molar-refractivity contribution is -0.138. The molecule has 27 heavy (non-hydrogen) atoms. The van der Waals surface area contributed by atoms with E-state index in [9.17, 15) is 19.5 Å². The molecular formula is C17H25N5O5. The Hall–Kier alpha value is -3.14. The molecule has 1 rings (SSSR count). The number of nitrogens with one attached hydrogen (secondary N) is 2.